The Labute approximate surface area is 39.6 Å². The normalized spacial score (nSPS) is 3.33. The molecule has 6 heavy (non-hydrogen) atoms. The van der Waals surface area contributed by atoms with Crippen LogP contribution in [0.3, 0.4) is 0 Å². The van der Waals surface area contributed by atoms with Crippen molar-refractivity contribution >= 4 is 6.08 Å². The van der Waals surface area contributed by atoms with Crippen LogP contribution >= 0.6 is 0 Å². The summed E-state index contributed by atoms with van der Waals surface area (Å²) in [6.45, 7) is 0. The van der Waals surface area contributed by atoms with Gasteiger partial charge < -0.3 is 0 Å². The Morgan fingerprint density at radius 3 is 1.50 bits per heavy atom. The van der Waals surface area contributed by atoms with Gasteiger partial charge in [0.15, 0.2) is 0 Å². The second-order valence-electron chi connectivity index (χ2n) is 0.165. The Morgan fingerprint density at radius 2 is 1.50 bits per heavy atom. The number of hydrogen-bond acceptors (Lipinski definition) is 4. The molecule has 0 rings (SSSR count). The van der Waals surface area contributed by atoms with Crippen molar-refractivity contribution in [1.29, 1.82) is 5.41 Å². The van der Waals surface area contributed by atoms with E-state index in [9.17, 15) is 0 Å². The summed E-state index contributed by atoms with van der Waals surface area (Å²) >= 11 is -1.44. The Hall–Kier alpha value is -0.501. The third-order valence-electron chi connectivity index (χ3n) is 0. The number of isocyanates is 1. The zero-order chi connectivity index (χ0) is 5.41. The predicted molar refractivity (Wildman–Crippen MR) is 9.79 cm³/mol. The number of rotatable bonds is 0. The van der Waals surface area contributed by atoms with E-state index < -0.39 is 14.8 Å². The zero-order valence-electron chi connectivity index (χ0n) is 2.60. The first-order valence-electron chi connectivity index (χ1n) is 0.763. The molecule has 0 radical (unpaired) electrons. The minimum absolute atomic E-state index is 0.750. The fourth-order valence-electron chi connectivity index (χ4n) is 0. The second kappa shape index (κ2) is 24.5. The minimum atomic E-state index is -1.44. The molecule has 35 valence electrons. The molecule has 0 saturated carbocycles. The van der Waals surface area contributed by atoms with Crippen LogP contribution in [0.1, 0.15) is 0 Å². The summed E-state index contributed by atoms with van der Waals surface area (Å²) < 4.78 is 16.8. The van der Waals surface area contributed by atoms with Crippen LogP contribution < -0.4 is 0 Å². The van der Waals surface area contributed by atoms with Crippen LogP contribution in [0.2, 0.25) is 0 Å². The second-order valence-corrected chi connectivity index (χ2v) is 0.362. The number of carbonyl (C=O) groups excluding carboxylic acids is 1. The van der Waals surface area contributed by atoms with E-state index in [1.807, 2.05) is 0 Å². The van der Waals surface area contributed by atoms with Crippen molar-refractivity contribution in [3.05, 3.63) is 0 Å². The molecule has 0 spiro atoms. The SMILES string of the molecule is N=C=O.[O]=[Mn]=[O]. The summed E-state index contributed by atoms with van der Waals surface area (Å²) in [6, 6.07) is 0. The van der Waals surface area contributed by atoms with E-state index in [2.05, 4.69) is 0 Å². The molecule has 0 unspecified atom stereocenters. The zero-order valence-corrected chi connectivity index (χ0v) is 3.78. The standard InChI is InChI=1S/CHNO.Mn.2O/c2-1-3;;;/h2H;;;. The summed E-state index contributed by atoms with van der Waals surface area (Å²) in [5.74, 6) is 0. The van der Waals surface area contributed by atoms with Gasteiger partial charge in [0, 0.05) is 0 Å². The van der Waals surface area contributed by atoms with Gasteiger partial charge >= 0.3 is 22.5 Å². The molecule has 0 aromatic carbocycles. The van der Waals surface area contributed by atoms with Gasteiger partial charge in [0.1, 0.15) is 0 Å². The molecule has 0 aliphatic rings. The molecule has 0 saturated heterocycles. The molecule has 0 aliphatic carbocycles. The fraction of sp³-hybridized carbons (Fsp3) is 0. The van der Waals surface area contributed by atoms with Crippen molar-refractivity contribution in [2.75, 3.05) is 0 Å². The first-order chi connectivity index (χ1) is 2.83. The Kier molecular flexibility index (Phi) is 37.1. The summed E-state index contributed by atoms with van der Waals surface area (Å²) in [4.78, 5) is 8.35. The van der Waals surface area contributed by atoms with Crippen molar-refractivity contribution < 1.29 is 27.3 Å². The average molecular weight is 130 g/mol. The molecular formula is CHMnNO3. The molecule has 0 aromatic rings. The van der Waals surface area contributed by atoms with Crippen molar-refractivity contribution in [2.24, 2.45) is 0 Å². The summed E-state index contributed by atoms with van der Waals surface area (Å²) in [6.07, 6.45) is 0.750. The molecule has 0 aliphatic heterocycles. The maximum atomic E-state index is 8.41. The van der Waals surface area contributed by atoms with Gasteiger partial charge in [-0.25, -0.2) is 10.2 Å². The molecular weight excluding hydrogens is 129 g/mol. The van der Waals surface area contributed by atoms with Gasteiger partial charge in [-0.05, 0) is 0 Å². The number of nitrogens with one attached hydrogen (secondary N) is 1. The van der Waals surface area contributed by atoms with E-state index in [-0.39, 0.29) is 0 Å². The first kappa shape index (κ1) is 9.09. The monoisotopic (exact) mass is 130 g/mol. The molecule has 0 fully saturated rings. The van der Waals surface area contributed by atoms with Crippen LogP contribution in [0.4, 0.5) is 0 Å². The summed E-state index contributed by atoms with van der Waals surface area (Å²) in [7, 11) is 0. The first-order valence-corrected chi connectivity index (χ1v) is 1.73. The van der Waals surface area contributed by atoms with Gasteiger partial charge in [0.25, 0.3) is 0 Å². The van der Waals surface area contributed by atoms with Crippen LogP contribution in [0.15, 0.2) is 0 Å². The summed E-state index contributed by atoms with van der Waals surface area (Å²) in [5, 5.41) is 5.40. The van der Waals surface area contributed by atoms with Crippen LogP contribution in [-0.4, -0.2) is 6.08 Å². The van der Waals surface area contributed by atoms with Crippen molar-refractivity contribution in [1.82, 2.24) is 0 Å². The van der Waals surface area contributed by atoms with E-state index in [0.29, 0.717) is 0 Å². The summed E-state index contributed by atoms with van der Waals surface area (Å²) in [5.41, 5.74) is 0. The van der Waals surface area contributed by atoms with Crippen LogP contribution in [0.5, 0.6) is 0 Å². The molecule has 0 bridgehead atoms. The maximum absolute atomic E-state index is 8.41. The quantitative estimate of drug-likeness (QED) is 0.277. The van der Waals surface area contributed by atoms with Gasteiger partial charge in [-0.1, -0.05) is 0 Å². The number of hydrogen-bond donors (Lipinski definition) is 1. The molecule has 0 atom stereocenters. The Morgan fingerprint density at radius 1 is 1.50 bits per heavy atom. The van der Waals surface area contributed by atoms with E-state index in [1.54, 1.807) is 0 Å². The molecule has 4 nitrogen and oxygen atoms in total. The third-order valence-corrected chi connectivity index (χ3v) is 0. The average Bonchev–Trinajstić information content (AvgIpc) is 1.39. The van der Waals surface area contributed by atoms with Crippen LogP contribution in [0, 0.1) is 5.41 Å². The van der Waals surface area contributed by atoms with Crippen LogP contribution in [-0.2, 0) is 27.3 Å². The molecule has 0 amide bonds. The van der Waals surface area contributed by atoms with Gasteiger partial charge in [-0.15, -0.1) is 0 Å². The molecule has 1 N–H and O–H groups in total. The Balaban J connectivity index is 0. The molecule has 5 heteroatoms. The van der Waals surface area contributed by atoms with Crippen molar-refractivity contribution in [3.8, 4) is 0 Å². The topological polar surface area (TPSA) is 75.1 Å². The van der Waals surface area contributed by atoms with Crippen LogP contribution in [0.25, 0.3) is 0 Å². The van der Waals surface area contributed by atoms with E-state index in [0.717, 1.165) is 6.08 Å². The van der Waals surface area contributed by atoms with Crippen molar-refractivity contribution in [3.63, 3.8) is 0 Å². The van der Waals surface area contributed by atoms with Crippen molar-refractivity contribution in [2.45, 2.75) is 0 Å². The van der Waals surface area contributed by atoms with Gasteiger partial charge in [-0.2, -0.15) is 0 Å². The van der Waals surface area contributed by atoms with Gasteiger partial charge in [0.2, 0.25) is 6.08 Å². The van der Waals surface area contributed by atoms with E-state index >= 15 is 0 Å². The van der Waals surface area contributed by atoms with Gasteiger partial charge in [-0.3, -0.25) is 0 Å². The Bertz CT molecular complexity index is 64.8. The fourth-order valence-corrected chi connectivity index (χ4v) is 0. The van der Waals surface area contributed by atoms with E-state index in [1.165, 1.54) is 0 Å². The van der Waals surface area contributed by atoms with E-state index in [4.69, 9.17) is 17.9 Å². The molecule has 0 heterocycles. The predicted octanol–water partition coefficient (Wildman–Crippen LogP) is -0.339. The third kappa shape index (κ3) is 87.3. The molecule has 0 aromatic heterocycles. The van der Waals surface area contributed by atoms with Gasteiger partial charge in [0.05, 0.1) is 0 Å².